The van der Waals surface area contributed by atoms with Crippen molar-refractivity contribution in [3.8, 4) is 0 Å². The first-order valence-electron chi connectivity index (χ1n) is 5.87. The Bertz CT molecular complexity index is 479. The van der Waals surface area contributed by atoms with E-state index in [4.69, 9.17) is 11.6 Å². The van der Waals surface area contributed by atoms with Crippen molar-refractivity contribution < 1.29 is 4.39 Å². The molecule has 0 aliphatic rings. The summed E-state index contributed by atoms with van der Waals surface area (Å²) in [5, 5.41) is 3.32. The van der Waals surface area contributed by atoms with Gasteiger partial charge in [-0.1, -0.05) is 36.4 Å². The van der Waals surface area contributed by atoms with E-state index in [0.717, 1.165) is 24.2 Å². The lowest BCUT2D eigenvalue weighted by atomic mass is 10.1. The molecule has 2 rings (SSSR count). The lowest BCUT2D eigenvalue weighted by Crippen LogP contribution is -2.12. The fourth-order valence-corrected chi connectivity index (χ4v) is 1.88. The maximum absolute atomic E-state index is 12.7. The predicted octanol–water partition coefficient (Wildman–Crippen LogP) is 3.85. The van der Waals surface area contributed by atoms with E-state index in [9.17, 15) is 4.39 Å². The Labute approximate surface area is 112 Å². The molecule has 0 spiro atoms. The van der Waals surface area contributed by atoms with Gasteiger partial charge < -0.3 is 5.32 Å². The highest BCUT2D eigenvalue weighted by molar-refractivity contribution is 6.17. The van der Waals surface area contributed by atoms with Crippen molar-refractivity contribution in [2.75, 3.05) is 0 Å². The van der Waals surface area contributed by atoms with Crippen LogP contribution in [0.5, 0.6) is 0 Å². The molecule has 1 N–H and O–H groups in total. The summed E-state index contributed by atoms with van der Waals surface area (Å²) in [7, 11) is 0. The molecule has 0 fully saturated rings. The van der Waals surface area contributed by atoms with Gasteiger partial charge in [0.1, 0.15) is 5.82 Å². The summed E-state index contributed by atoms with van der Waals surface area (Å²) in [5.41, 5.74) is 3.42. The smallest absolute Gasteiger partial charge is 0.123 e. The Morgan fingerprint density at radius 3 is 1.72 bits per heavy atom. The first-order valence-corrected chi connectivity index (χ1v) is 6.40. The summed E-state index contributed by atoms with van der Waals surface area (Å²) in [6.45, 7) is 1.53. The SMILES string of the molecule is Fc1ccc(CNCc2ccc(CCl)cc2)cc1. The summed E-state index contributed by atoms with van der Waals surface area (Å²) in [6.07, 6.45) is 0. The van der Waals surface area contributed by atoms with Gasteiger partial charge in [0.25, 0.3) is 0 Å². The number of halogens is 2. The van der Waals surface area contributed by atoms with Gasteiger partial charge in [-0.3, -0.25) is 0 Å². The van der Waals surface area contributed by atoms with Crippen molar-refractivity contribution >= 4 is 11.6 Å². The summed E-state index contributed by atoms with van der Waals surface area (Å²) in [6, 6.07) is 14.7. The van der Waals surface area contributed by atoms with Gasteiger partial charge in [-0.15, -0.1) is 11.6 Å². The highest BCUT2D eigenvalue weighted by Crippen LogP contribution is 2.07. The minimum absolute atomic E-state index is 0.199. The second-order valence-electron chi connectivity index (χ2n) is 4.18. The first-order chi connectivity index (χ1) is 8.78. The summed E-state index contributed by atoms with van der Waals surface area (Å²) in [4.78, 5) is 0. The fourth-order valence-electron chi connectivity index (χ4n) is 1.70. The Balaban J connectivity index is 1.82. The maximum Gasteiger partial charge on any atom is 0.123 e. The summed E-state index contributed by atoms with van der Waals surface area (Å²) >= 11 is 5.73. The van der Waals surface area contributed by atoms with Crippen molar-refractivity contribution in [3.63, 3.8) is 0 Å². The van der Waals surface area contributed by atoms with Crippen LogP contribution in [0.2, 0.25) is 0 Å². The Morgan fingerprint density at radius 2 is 1.22 bits per heavy atom. The van der Waals surface area contributed by atoms with E-state index in [1.54, 1.807) is 12.1 Å². The van der Waals surface area contributed by atoms with Crippen LogP contribution in [0, 0.1) is 5.82 Å². The highest BCUT2D eigenvalue weighted by atomic mass is 35.5. The molecule has 0 unspecified atom stereocenters. The zero-order valence-electron chi connectivity index (χ0n) is 10.00. The van der Waals surface area contributed by atoms with Crippen LogP contribution in [0.25, 0.3) is 0 Å². The normalized spacial score (nSPS) is 10.6. The average molecular weight is 264 g/mol. The zero-order valence-corrected chi connectivity index (χ0v) is 10.8. The molecule has 0 bridgehead atoms. The van der Waals surface area contributed by atoms with E-state index in [-0.39, 0.29) is 5.82 Å². The minimum Gasteiger partial charge on any atom is -0.309 e. The molecule has 2 aromatic carbocycles. The van der Waals surface area contributed by atoms with E-state index >= 15 is 0 Å². The molecule has 0 heterocycles. The van der Waals surface area contributed by atoms with E-state index in [2.05, 4.69) is 17.4 Å². The molecule has 0 amide bonds. The molecule has 0 saturated heterocycles. The topological polar surface area (TPSA) is 12.0 Å². The predicted molar refractivity (Wildman–Crippen MR) is 72.9 cm³/mol. The number of benzene rings is 2. The van der Waals surface area contributed by atoms with E-state index < -0.39 is 0 Å². The van der Waals surface area contributed by atoms with Gasteiger partial charge in [-0.2, -0.15) is 0 Å². The number of hydrogen-bond donors (Lipinski definition) is 1. The van der Waals surface area contributed by atoms with Gasteiger partial charge in [0, 0.05) is 19.0 Å². The standard InChI is InChI=1S/C15H15ClFN/c16-9-12-1-3-13(4-2-12)10-18-11-14-5-7-15(17)8-6-14/h1-8,18H,9-11H2. The number of hydrogen-bond acceptors (Lipinski definition) is 1. The van der Waals surface area contributed by atoms with Crippen LogP contribution < -0.4 is 5.32 Å². The molecule has 1 nitrogen and oxygen atoms in total. The lowest BCUT2D eigenvalue weighted by molar-refractivity contribution is 0.625. The highest BCUT2D eigenvalue weighted by Gasteiger charge is 1.96. The second-order valence-corrected chi connectivity index (χ2v) is 4.45. The minimum atomic E-state index is -0.199. The van der Waals surface area contributed by atoms with E-state index in [1.807, 2.05) is 12.1 Å². The van der Waals surface area contributed by atoms with Crippen LogP contribution in [0.15, 0.2) is 48.5 Å². The second kappa shape index (κ2) is 6.53. The molecule has 0 radical (unpaired) electrons. The molecule has 0 aliphatic heterocycles. The average Bonchev–Trinajstić information content (AvgIpc) is 2.42. The van der Waals surface area contributed by atoms with Crippen LogP contribution in [0.4, 0.5) is 4.39 Å². The van der Waals surface area contributed by atoms with Crippen LogP contribution >= 0.6 is 11.6 Å². The largest absolute Gasteiger partial charge is 0.309 e. The van der Waals surface area contributed by atoms with E-state index in [1.165, 1.54) is 17.7 Å². The van der Waals surface area contributed by atoms with Crippen LogP contribution in [0.1, 0.15) is 16.7 Å². The van der Waals surface area contributed by atoms with Crippen molar-refractivity contribution in [1.29, 1.82) is 0 Å². The fraction of sp³-hybridized carbons (Fsp3) is 0.200. The number of alkyl halides is 1. The third kappa shape index (κ3) is 3.83. The van der Waals surface area contributed by atoms with Gasteiger partial charge in [0.05, 0.1) is 0 Å². The molecule has 18 heavy (non-hydrogen) atoms. The third-order valence-corrected chi connectivity index (χ3v) is 3.06. The van der Waals surface area contributed by atoms with Crippen LogP contribution in [0.3, 0.4) is 0 Å². The lowest BCUT2D eigenvalue weighted by Gasteiger charge is -2.06. The van der Waals surface area contributed by atoms with Gasteiger partial charge >= 0.3 is 0 Å². The van der Waals surface area contributed by atoms with Gasteiger partial charge in [0.15, 0.2) is 0 Å². The van der Waals surface area contributed by atoms with Crippen LogP contribution in [-0.4, -0.2) is 0 Å². The molecular weight excluding hydrogens is 249 g/mol. The van der Waals surface area contributed by atoms with Crippen LogP contribution in [-0.2, 0) is 19.0 Å². The molecule has 94 valence electrons. The van der Waals surface area contributed by atoms with Gasteiger partial charge in [-0.25, -0.2) is 4.39 Å². The Kier molecular flexibility index (Phi) is 4.73. The maximum atomic E-state index is 12.7. The zero-order chi connectivity index (χ0) is 12.8. The van der Waals surface area contributed by atoms with Gasteiger partial charge in [0.2, 0.25) is 0 Å². The van der Waals surface area contributed by atoms with Crippen molar-refractivity contribution in [2.45, 2.75) is 19.0 Å². The molecule has 0 saturated carbocycles. The first kappa shape index (κ1) is 13.1. The molecular formula is C15H15ClFN. The van der Waals surface area contributed by atoms with Crippen molar-refractivity contribution in [2.24, 2.45) is 0 Å². The molecule has 0 atom stereocenters. The quantitative estimate of drug-likeness (QED) is 0.808. The van der Waals surface area contributed by atoms with Crippen molar-refractivity contribution in [3.05, 3.63) is 71.0 Å². The Hall–Kier alpha value is -1.38. The Morgan fingerprint density at radius 1 is 0.778 bits per heavy atom. The molecule has 0 aliphatic carbocycles. The monoisotopic (exact) mass is 263 g/mol. The molecule has 2 aromatic rings. The van der Waals surface area contributed by atoms with Crippen molar-refractivity contribution in [1.82, 2.24) is 5.32 Å². The molecule has 0 aromatic heterocycles. The summed E-state index contributed by atoms with van der Waals surface area (Å²) in [5.74, 6) is 0.346. The number of nitrogens with one attached hydrogen (secondary N) is 1. The van der Waals surface area contributed by atoms with E-state index in [0.29, 0.717) is 5.88 Å². The molecule has 3 heteroatoms. The van der Waals surface area contributed by atoms with Gasteiger partial charge in [-0.05, 0) is 28.8 Å². The number of rotatable bonds is 5. The summed E-state index contributed by atoms with van der Waals surface area (Å²) < 4.78 is 12.7. The third-order valence-electron chi connectivity index (χ3n) is 2.75.